The molecule has 5 heteroatoms. The lowest BCUT2D eigenvalue weighted by Gasteiger charge is -2.21. The average Bonchev–Trinajstić information content (AvgIpc) is 2.39. The molecule has 0 saturated carbocycles. The van der Waals surface area contributed by atoms with Gasteiger partial charge in [-0.15, -0.1) is 0 Å². The van der Waals surface area contributed by atoms with Crippen molar-refractivity contribution in [1.82, 2.24) is 0 Å². The molecule has 0 bridgehead atoms. The molecule has 1 N–H and O–H groups in total. The predicted molar refractivity (Wildman–Crippen MR) is 76.8 cm³/mol. The van der Waals surface area contributed by atoms with Gasteiger partial charge in [0.25, 0.3) is 5.69 Å². The van der Waals surface area contributed by atoms with Crippen molar-refractivity contribution in [2.75, 3.05) is 11.9 Å². The summed E-state index contributed by atoms with van der Waals surface area (Å²) < 4.78 is 5.29. The molecular weight excluding hydrogens is 244 g/mol. The van der Waals surface area contributed by atoms with E-state index in [1.165, 1.54) is 6.07 Å². The topological polar surface area (TPSA) is 64.4 Å². The highest BCUT2D eigenvalue weighted by Crippen LogP contribution is 2.30. The third kappa shape index (κ3) is 4.12. The van der Waals surface area contributed by atoms with Crippen LogP contribution in [0.4, 0.5) is 11.4 Å². The molecule has 2 unspecified atom stereocenters. The third-order valence-corrected chi connectivity index (χ3v) is 3.36. The highest BCUT2D eigenvalue weighted by molar-refractivity contribution is 5.64. The summed E-state index contributed by atoms with van der Waals surface area (Å²) in [7, 11) is 0. The summed E-state index contributed by atoms with van der Waals surface area (Å²) in [6.45, 7) is 8.61. The summed E-state index contributed by atoms with van der Waals surface area (Å²) in [5.74, 6) is 0.974. The van der Waals surface area contributed by atoms with Crippen LogP contribution in [0.1, 0.15) is 34.1 Å². The molecule has 5 nitrogen and oxygen atoms in total. The number of nitro benzene ring substituents is 1. The van der Waals surface area contributed by atoms with E-state index in [2.05, 4.69) is 19.2 Å². The summed E-state index contributed by atoms with van der Waals surface area (Å²) >= 11 is 0. The van der Waals surface area contributed by atoms with E-state index in [1.807, 2.05) is 13.8 Å². The predicted octanol–water partition coefficient (Wildman–Crippen LogP) is 3.84. The Morgan fingerprint density at radius 2 is 2.05 bits per heavy atom. The minimum absolute atomic E-state index is 0.0566. The van der Waals surface area contributed by atoms with Crippen molar-refractivity contribution >= 4 is 11.4 Å². The minimum Gasteiger partial charge on any atom is -0.494 e. The number of nitrogens with one attached hydrogen (secondary N) is 1. The van der Waals surface area contributed by atoms with Crippen molar-refractivity contribution in [3.05, 3.63) is 28.3 Å². The number of nitro groups is 1. The Morgan fingerprint density at radius 3 is 2.58 bits per heavy atom. The molecule has 1 aromatic rings. The summed E-state index contributed by atoms with van der Waals surface area (Å²) in [6.07, 6.45) is 1.03. The van der Waals surface area contributed by atoms with Crippen LogP contribution in [0.3, 0.4) is 0 Å². The Hall–Kier alpha value is -1.78. The van der Waals surface area contributed by atoms with Crippen LogP contribution < -0.4 is 10.1 Å². The van der Waals surface area contributed by atoms with Gasteiger partial charge in [-0.3, -0.25) is 10.1 Å². The summed E-state index contributed by atoms with van der Waals surface area (Å²) in [6, 6.07) is 5.11. The van der Waals surface area contributed by atoms with Gasteiger partial charge in [0, 0.05) is 6.04 Å². The number of anilines is 1. The molecular formula is C14H22N2O3. The van der Waals surface area contributed by atoms with Gasteiger partial charge in [0.15, 0.2) is 0 Å². The van der Waals surface area contributed by atoms with Crippen molar-refractivity contribution in [2.45, 2.75) is 40.2 Å². The maximum absolute atomic E-state index is 11.1. The molecule has 1 rings (SSSR count). The Balaban J connectivity index is 2.96. The molecule has 1 aromatic carbocycles. The van der Waals surface area contributed by atoms with Crippen molar-refractivity contribution in [2.24, 2.45) is 5.92 Å². The second-order valence-corrected chi connectivity index (χ2v) is 4.69. The van der Waals surface area contributed by atoms with E-state index in [0.29, 0.717) is 24.0 Å². The third-order valence-electron chi connectivity index (χ3n) is 3.36. The van der Waals surface area contributed by atoms with E-state index in [1.54, 1.807) is 12.1 Å². The Bertz CT molecular complexity index is 435. The molecule has 0 aliphatic rings. The van der Waals surface area contributed by atoms with Gasteiger partial charge < -0.3 is 10.1 Å². The van der Waals surface area contributed by atoms with Crippen LogP contribution in [-0.2, 0) is 0 Å². The molecule has 2 atom stereocenters. The quantitative estimate of drug-likeness (QED) is 0.601. The zero-order chi connectivity index (χ0) is 14.4. The van der Waals surface area contributed by atoms with Crippen molar-refractivity contribution in [3.8, 4) is 5.75 Å². The fourth-order valence-electron chi connectivity index (χ4n) is 1.78. The molecule has 0 radical (unpaired) electrons. The first-order valence-corrected chi connectivity index (χ1v) is 6.67. The maximum atomic E-state index is 11.1. The molecule has 0 fully saturated rings. The fraction of sp³-hybridized carbons (Fsp3) is 0.571. The summed E-state index contributed by atoms with van der Waals surface area (Å²) in [5.41, 5.74) is 0.599. The largest absolute Gasteiger partial charge is 0.494 e. The van der Waals surface area contributed by atoms with Gasteiger partial charge >= 0.3 is 0 Å². The van der Waals surface area contributed by atoms with Crippen LogP contribution in [0.5, 0.6) is 5.75 Å². The van der Waals surface area contributed by atoms with Gasteiger partial charge in [-0.2, -0.15) is 0 Å². The monoisotopic (exact) mass is 266 g/mol. The van der Waals surface area contributed by atoms with E-state index in [-0.39, 0.29) is 16.7 Å². The second kappa shape index (κ2) is 6.97. The number of rotatable bonds is 7. The Kier molecular flexibility index (Phi) is 5.60. The Labute approximate surface area is 114 Å². The fourth-order valence-corrected chi connectivity index (χ4v) is 1.78. The molecule has 0 aliphatic carbocycles. The highest BCUT2D eigenvalue weighted by atomic mass is 16.6. The first-order chi connectivity index (χ1) is 8.99. The van der Waals surface area contributed by atoms with Crippen molar-refractivity contribution < 1.29 is 9.66 Å². The number of hydrogen-bond acceptors (Lipinski definition) is 4. The molecule has 106 valence electrons. The first-order valence-electron chi connectivity index (χ1n) is 6.67. The SMILES string of the molecule is CCOc1ccc(NC(C)C(C)CC)c([N+](=O)[O-])c1. The van der Waals surface area contributed by atoms with Crippen LogP contribution >= 0.6 is 0 Å². The molecule has 0 amide bonds. The summed E-state index contributed by atoms with van der Waals surface area (Å²) in [5, 5.41) is 14.3. The van der Waals surface area contributed by atoms with Crippen molar-refractivity contribution in [3.63, 3.8) is 0 Å². The molecule has 0 heterocycles. The molecule has 0 saturated heterocycles. The van der Waals surface area contributed by atoms with Crippen LogP contribution in [0.15, 0.2) is 18.2 Å². The zero-order valence-corrected chi connectivity index (χ0v) is 12.0. The van der Waals surface area contributed by atoms with Crippen LogP contribution in [0.25, 0.3) is 0 Å². The second-order valence-electron chi connectivity index (χ2n) is 4.69. The van der Waals surface area contributed by atoms with E-state index < -0.39 is 0 Å². The van der Waals surface area contributed by atoms with Gasteiger partial charge in [0.1, 0.15) is 11.4 Å². The van der Waals surface area contributed by atoms with E-state index in [0.717, 1.165) is 6.42 Å². The average molecular weight is 266 g/mol. The minimum atomic E-state index is -0.381. The van der Waals surface area contributed by atoms with Gasteiger partial charge in [0.2, 0.25) is 0 Å². The zero-order valence-electron chi connectivity index (χ0n) is 12.0. The lowest BCUT2D eigenvalue weighted by atomic mass is 10.0. The highest BCUT2D eigenvalue weighted by Gasteiger charge is 2.18. The van der Waals surface area contributed by atoms with Gasteiger partial charge in [-0.1, -0.05) is 20.3 Å². The molecule has 19 heavy (non-hydrogen) atoms. The number of nitrogens with zero attached hydrogens (tertiary/aromatic N) is 1. The van der Waals surface area contributed by atoms with Crippen LogP contribution in [-0.4, -0.2) is 17.6 Å². The standard InChI is InChI=1S/C14H22N2O3/c1-5-10(3)11(4)15-13-8-7-12(19-6-2)9-14(13)16(17)18/h7-11,15H,5-6H2,1-4H3. The first kappa shape index (κ1) is 15.3. The molecule has 0 spiro atoms. The van der Waals surface area contributed by atoms with Crippen LogP contribution in [0, 0.1) is 16.0 Å². The normalized spacial score (nSPS) is 13.7. The van der Waals surface area contributed by atoms with Crippen molar-refractivity contribution in [1.29, 1.82) is 0 Å². The van der Waals surface area contributed by atoms with Gasteiger partial charge in [-0.25, -0.2) is 0 Å². The maximum Gasteiger partial charge on any atom is 0.296 e. The van der Waals surface area contributed by atoms with Crippen LogP contribution in [0.2, 0.25) is 0 Å². The Morgan fingerprint density at radius 1 is 1.37 bits per heavy atom. The molecule has 0 aromatic heterocycles. The van der Waals surface area contributed by atoms with E-state index >= 15 is 0 Å². The lowest BCUT2D eigenvalue weighted by molar-refractivity contribution is -0.384. The van der Waals surface area contributed by atoms with E-state index in [9.17, 15) is 10.1 Å². The van der Waals surface area contributed by atoms with Gasteiger partial charge in [-0.05, 0) is 31.9 Å². The smallest absolute Gasteiger partial charge is 0.296 e. The van der Waals surface area contributed by atoms with Gasteiger partial charge in [0.05, 0.1) is 17.6 Å². The molecule has 0 aliphatic heterocycles. The number of ether oxygens (including phenoxy) is 1. The van der Waals surface area contributed by atoms with E-state index in [4.69, 9.17) is 4.74 Å². The number of benzene rings is 1. The lowest BCUT2D eigenvalue weighted by Crippen LogP contribution is -2.23. The number of hydrogen-bond donors (Lipinski definition) is 1. The summed E-state index contributed by atoms with van der Waals surface area (Å²) in [4.78, 5) is 10.7.